The van der Waals surface area contributed by atoms with E-state index in [2.05, 4.69) is 20.8 Å². The average molecular weight is 382 g/mol. The highest BCUT2D eigenvalue weighted by Gasteiger charge is 2.17. The van der Waals surface area contributed by atoms with E-state index in [4.69, 9.17) is 21.5 Å². The van der Waals surface area contributed by atoms with Gasteiger partial charge in [0, 0.05) is 0 Å². The number of carbonyl (C=O) groups is 1. The molecule has 5 nitrogen and oxygen atoms in total. The minimum Gasteiger partial charge on any atom is -0.457 e. The zero-order valence-corrected chi connectivity index (χ0v) is 15.8. The van der Waals surface area contributed by atoms with Gasteiger partial charge in [-0.2, -0.15) is 0 Å². The third kappa shape index (κ3) is 5.04. The van der Waals surface area contributed by atoms with Crippen LogP contribution in [0.1, 0.15) is 42.3 Å². The van der Waals surface area contributed by atoms with Crippen molar-refractivity contribution in [3.8, 4) is 0 Å². The monoisotopic (exact) mass is 381 g/mol. The minimum atomic E-state index is -4.02. The fourth-order valence-electron chi connectivity index (χ4n) is 2.18. The molecule has 0 saturated heterocycles. The fraction of sp³-hybridized carbons (Fsp3) is 0.278. The summed E-state index contributed by atoms with van der Waals surface area (Å²) in [4.78, 5) is 11.8. The van der Waals surface area contributed by atoms with Crippen LogP contribution < -0.4 is 5.14 Å². The first-order chi connectivity index (χ1) is 11.5. The molecule has 0 saturated carbocycles. The molecule has 0 amide bonds. The maximum Gasteiger partial charge on any atom is 0.338 e. The van der Waals surface area contributed by atoms with Crippen molar-refractivity contribution >= 4 is 27.6 Å². The lowest BCUT2D eigenvalue weighted by molar-refractivity contribution is 0.0472. The molecule has 0 aromatic heterocycles. The molecule has 0 aliphatic heterocycles. The molecule has 134 valence electrons. The van der Waals surface area contributed by atoms with Crippen LogP contribution in [0.4, 0.5) is 0 Å². The SMILES string of the molecule is CC(C)(C)c1ccc(COC(=O)c2ccc(Cl)c(S(N)(=O)=O)c2)cc1. The Bertz CT molecular complexity index is 884. The summed E-state index contributed by atoms with van der Waals surface area (Å²) in [6.07, 6.45) is 0. The van der Waals surface area contributed by atoms with Gasteiger partial charge in [-0.1, -0.05) is 56.6 Å². The third-order valence-corrected chi connectivity index (χ3v) is 5.06. The maximum absolute atomic E-state index is 12.1. The van der Waals surface area contributed by atoms with Crippen LogP contribution in [0.15, 0.2) is 47.4 Å². The first-order valence-electron chi connectivity index (χ1n) is 7.57. The molecule has 2 N–H and O–H groups in total. The number of sulfonamides is 1. The molecule has 0 spiro atoms. The molecule has 0 unspecified atom stereocenters. The third-order valence-electron chi connectivity index (χ3n) is 3.66. The van der Waals surface area contributed by atoms with Gasteiger partial charge in [-0.05, 0) is 34.7 Å². The summed E-state index contributed by atoms with van der Waals surface area (Å²) >= 11 is 5.80. The van der Waals surface area contributed by atoms with Crippen molar-refractivity contribution in [3.05, 3.63) is 64.2 Å². The van der Waals surface area contributed by atoms with Crippen LogP contribution in [-0.4, -0.2) is 14.4 Å². The second-order valence-corrected chi connectivity index (χ2v) is 8.65. The van der Waals surface area contributed by atoms with Crippen molar-refractivity contribution < 1.29 is 17.9 Å². The van der Waals surface area contributed by atoms with Gasteiger partial charge >= 0.3 is 5.97 Å². The highest BCUT2D eigenvalue weighted by Crippen LogP contribution is 2.23. The molecule has 0 aliphatic carbocycles. The Labute approximate surface area is 152 Å². The van der Waals surface area contributed by atoms with E-state index in [0.29, 0.717) is 0 Å². The fourth-order valence-corrected chi connectivity index (χ4v) is 3.25. The van der Waals surface area contributed by atoms with E-state index >= 15 is 0 Å². The Morgan fingerprint density at radius 1 is 1.12 bits per heavy atom. The molecule has 7 heteroatoms. The van der Waals surface area contributed by atoms with Crippen molar-refractivity contribution in [1.82, 2.24) is 0 Å². The highest BCUT2D eigenvalue weighted by molar-refractivity contribution is 7.89. The largest absolute Gasteiger partial charge is 0.457 e. The van der Waals surface area contributed by atoms with Crippen LogP contribution in [0.5, 0.6) is 0 Å². The number of hydrogen-bond donors (Lipinski definition) is 1. The van der Waals surface area contributed by atoms with Crippen molar-refractivity contribution in [1.29, 1.82) is 0 Å². The lowest BCUT2D eigenvalue weighted by atomic mass is 9.87. The standard InChI is InChI=1S/C18H20ClNO4S/c1-18(2,3)14-7-4-12(5-8-14)11-24-17(21)13-6-9-15(19)16(10-13)25(20,22)23/h4-10H,11H2,1-3H3,(H2,20,22,23). The van der Waals surface area contributed by atoms with Gasteiger partial charge in [0.15, 0.2) is 0 Å². The topological polar surface area (TPSA) is 86.5 Å². The molecule has 0 radical (unpaired) electrons. The van der Waals surface area contributed by atoms with Crippen LogP contribution in [0.3, 0.4) is 0 Å². The Morgan fingerprint density at radius 3 is 2.24 bits per heavy atom. The molecule has 2 aromatic carbocycles. The molecule has 0 atom stereocenters. The van der Waals surface area contributed by atoms with E-state index in [-0.39, 0.29) is 27.5 Å². The molecule has 0 bridgehead atoms. The van der Waals surface area contributed by atoms with Crippen LogP contribution in [-0.2, 0) is 26.8 Å². The average Bonchev–Trinajstić information content (AvgIpc) is 2.51. The Kier molecular flexibility index (Phi) is 5.56. The van der Waals surface area contributed by atoms with Gasteiger partial charge < -0.3 is 4.74 Å². The van der Waals surface area contributed by atoms with Gasteiger partial charge in [-0.15, -0.1) is 0 Å². The highest BCUT2D eigenvalue weighted by atomic mass is 35.5. The van der Waals surface area contributed by atoms with Crippen molar-refractivity contribution in [2.24, 2.45) is 5.14 Å². The van der Waals surface area contributed by atoms with Gasteiger partial charge in [-0.25, -0.2) is 18.4 Å². The summed E-state index contributed by atoms with van der Waals surface area (Å²) in [7, 11) is -4.02. The molecular weight excluding hydrogens is 362 g/mol. The van der Waals surface area contributed by atoms with E-state index in [1.807, 2.05) is 24.3 Å². The van der Waals surface area contributed by atoms with Crippen LogP contribution in [0, 0.1) is 0 Å². The number of nitrogens with two attached hydrogens (primary N) is 1. The number of primary sulfonamides is 1. The molecule has 0 heterocycles. The molecule has 0 fully saturated rings. The van der Waals surface area contributed by atoms with Gasteiger partial charge in [0.1, 0.15) is 11.5 Å². The predicted molar refractivity (Wildman–Crippen MR) is 97.1 cm³/mol. The van der Waals surface area contributed by atoms with Crippen LogP contribution in [0.25, 0.3) is 0 Å². The van der Waals surface area contributed by atoms with Gasteiger partial charge in [0.05, 0.1) is 10.6 Å². The number of esters is 1. The predicted octanol–water partition coefficient (Wildman–Crippen LogP) is 3.64. The van der Waals surface area contributed by atoms with Gasteiger partial charge in [-0.3, -0.25) is 0 Å². The van der Waals surface area contributed by atoms with E-state index < -0.39 is 16.0 Å². The smallest absolute Gasteiger partial charge is 0.338 e. The van der Waals surface area contributed by atoms with E-state index in [9.17, 15) is 13.2 Å². The number of rotatable bonds is 4. The first kappa shape index (κ1) is 19.4. The number of carbonyl (C=O) groups excluding carboxylic acids is 1. The Hall–Kier alpha value is -1.89. The quantitative estimate of drug-likeness (QED) is 0.819. The van der Waals surface area contributed by atoms with Crippen molar-refractivity contribution in [2.75, 3.05) is 0 Å². The van der Waals surface area contributed by atoms with Gasteiger partial charge in [0.25, 0.3) is 0 Å². The normalized spacial score (nSPS) is 12.0. The second-order valence-electron chi connectivity index (χ2n) is 6.71. The Balaban J connectivity index is 2.11. The van der Waals surface area contributed by atoms with Crippen LogP contribution >= 0.6 is 11.6 Å². The molecular formula is C18H20ClNO4S. The van der Waals surface area contributed by atoms with E-state index in [1.165, 1.54) is 17.7 Å². The molecule has 2 rings (SSSR count). The zero-order chi connectivity index (χ0) is 18.8. The molecule has 25 heavy (non-hydrogen) atoms. The summed E-state index contributed by atoms with van der Waals surface area (Å²) in [6, 6.07) is 11.6. The number of benzene rings is 2. The number of ether oxygens (including phenoxy) is 1. The van der Waals surface area contributed by atoms with Gasteiger partial charge in [0.2, 0.25) is 10.0 Å². The minimum absolute atomic E-state index is 0.0443. The summed E-state index contributed by atoms with van der Waals surface area (Å²) in [5.74, 6) is -0.651. The number of halogens is 1. The lowest BCUT2D eigenvalue weighted by Crippen LogP contribution is -2.14. The maximum atomic E-state index is 12.1. The summed E-state index contributed by atoms with van der Waals surface area (Å²) in [5, 5.41) is 5.03. The second kappa shape index (κ2) is 7.15. The summed E-state index contributed by atoms with van der Waals surface area (Å²) < 4.78 is 28.2. The first-order valence-corrected chi connectivity index (χ1v) is 9.50. The van der Waals surface area contributed by atoms with E-state index in [1.54, 1.807) is 0 Å². The zero-order valence-electron chi connectivity index (χ0n) is 14.2. The summed E-state index contributed by atoms with van der Waals surface area (Å²) in [5.41, 5.74) is 2.13. The number of hydrogen-bond acceptors (Lipinski definition) is 4. The lowest BCUT2D eigenvalue weighted by Gasteiger charge is -2.19. The van der Waals surface area contributed by atoms with E-state index in [0.717, 1.165) is 11.6 Å². The van der Waals surface area contributed by atoms with Crippen molar-refractivity contribution in [3.63, 3.8) is 0 Å². The molecule has 0 aliphatic rings. The summed E-state index contributed by atoms with van der Waals surface area (Å²) in [6.45, 7) is 6.43. The van der Waals surface area contributed by atoms with Crippen LogP contribution in [0.2, 0.25) is 5.02 Å². The molecule has 2 aromatic rings. The Morgan fingerprint density at radius 2 is 1.72 bits per heavy atom. The van der Waals surface area contributed by atoms with Crippen molar-refractivity contribution in [2.45, 2.75) is 37.7 Å².